The Balaban J connectivity index is 2.30. The molecule has 0 spiro atoms. The first kappa shape index (κ1) is 10.4. The topological polar surface area (TPSA) is 62.5 Å². The van der Waals surface area contributed by atoms with Crippen molar-refractivity contribution in [2.45, 2.75) is 13.0 Å². The number of rotatable bonds is 3. The Morgan fingerprint density at radius 1 is 1.60 bits per heavy atom. The van der Waals surface area contributed by atoms with E-state index in [4.69, 9.17) is 5.11 Å². The van der Waals surface area contributed by atoms with Gasteiger partial charge in [-0.1, -0.05) is 0 Å². The van der Waals surface area contributed by atoms with Crippen molar-refractivity contribution >= 4 is 27.5 Å². The number of hydrogen-bond acceptors (Lipinski definition) is 4. The predicted molar refractivity (Wildman–Crippen MR) is 60.9 cm³/mol. The molecule has 15 heavy (non-hydrogen) atoms. The summed E-state index contributed by atoms with van der Waals surface area (Å²) in [6.07, 6.45) is 1.83. The highest BCUT2D eigenvalue weighted by atomic mass is 79.9. The molecule has 1 unspecified atom stereocenters. The van der Waals surface area contributed by atoms with Gasteiger partial charge in [-0.15, -0.1) is 5.10 Å². The highest BCUT2D eigenvalue weighted by Crippen LogP contribution is 2.12. The number of hydrogen-bond donors (Lipinski definition) is 2. The molecule has 0 amide bonds. The van der Waals surface area contributed by atoms with E-state index in [1.165, 1.54) is 0 Å². The molecule has 5 nitrogen and oxygen atoms in total. The quantitative estimate of drug-likeness (QED) is 0.882. The first-order valence-electron chi connectivity index (χ1n) is 4.58. The number of nitrogens with zero attached hydrogens (tertiary/aromatic N) is 3. The number of aliphatic hydroxyl groups is 1. The fourth-order valence-corrected chi connectivity index (χ4v) is 1.51. The Hall–Kier alpha value is -1.14. The molecule has 2 N–H and O–H groups in total. The lowest BCUT2D eigenvalue weighted by molar-refractivity contribution is 0.281. The molecule has 2 aromatic rings. The summed E-state index contributed by atoms with van der Waals surface area (Å²) in [5.41, 5.74) is 0.769. The normalized spacial score (nSPS) is 13.0. The summed E-state index contributed by atoms with van der Waals surface area (Å²) >= 11 is 3.36. The zero-order valence-corrected chi connectivity index (χ0v) is 9.77. The lowest BCUT2D eigenvalue weighted by Crippen LogP contribution is -2.20. The van der Waals surface area contributed by atoms with E-state index >= 15 is 0 Å². The molecule has 0 bridgehead atoms. The zero-order valence-electron chi connectivity index (χ0n) is 8.18. The van der Waals surface area contributed by atoms with Gasteiger partial charge in [0.1, 0.15) is 0 Å². The Morgan fingerprint density at radius 3 is 3.13 bits per heavy atom. The minimum absolute atomic E-state index is 0.0501. The molecule has 1 atom stereocenters. The first-order valence-corrected chi connectivity index (χ1v) is 5.37. The van der Waals surface area contributed by atoms with Crippen molar-refractivity contribution in [2.75, 3.05) is 11.9 Å². The highest BCUT2D eigenvalue weighted by Gasteiger charge is 2.06. The van der Waals surface area contributed by atoms with Crippen molar-refractivity contribution in [2.24, 2.45) is 0 Å². The molecule has 0 saturated carbocycles. The fourth-order valence-electron chi connectivity index (χ4n) is 1.19. The van der Waals surface area contributed by atoms with Crippen LogP contribution >= 0.6 is 15.9 Å². The van der Waals surface area contributed by atoms with Crippen molar-refractivity contribution in [3.8, 4) is 0 Å². The molecule has 0 aromatic carbocycles. The second kappa shape index (κ2) is 4.16. The zero-order chi connectivity index (χ0) is 10.8. The molecule has 0 fully saturated rings. The van der Waals surface area contributed by atoms with E-state index in [9.17, 15) is 0 Å². The van der Waals surface area contributed by atoms with Gasteiger partial charge in [0.05, 0.1) is 6.61 Å². The van der Waals surface area contributed by atoms with E-state index in [1.54, 1.807) is 4.52 Å². The molecular formula is C9H11BrN4O. The number of nitrogens with one attached hydrogen (secondary N) is 1. The minimum atomic E-state index is -0.0501. The largest absolute Gasteiger partial charge is 0.394 e. The van der Waals surface area contributed by atoms with E-state index < -0.39 is 0 Å². The summed E-state index contributed by atoms with van der Waals surface area (Å²) in [6.45, 7) is 1.92. The van der Waals surface area contributed by atoms with Crippen molar-refractivity contribution < 1.29 is 5.11 Å². The second-order valence-electron chi connectivity index (χ2n) is 3.31. The van der Waals surface area contributed by atoms with E-state index in [0.717, 1.165) is 10.1 Å². The van der Waals surface area contributed by atoms with Gasteiger partial charge in [-0.2, -0.15) is 4.98 Å². The highest BCUT2D eigenvalue weighted by molar-refractivity contribution is 9.10. The van der Waals surface area contributed by atoms with Gasteiger partial charge in [-0.25, -0.2) is 4.52 Å². The molecule has 0 aliphatic carbocycles. The third-order valence-electron chi connectivity index (χ3n) is 1.94. The lowest BCUT2D eigenvalue weighted by atomic mass is 10.4. The molecule has 0 aliphatic rings. The van der Waals surface area contributed by atoms with Gasteiger partial charge in [0.15, 0.2) is 5.65 Å². The molecule has 0 saturated heterocycles. The van der Waals surface area contributed by atoms with E-state index in [1.807, 2.05) is 25.3 Å². The summed E-state index contributed by atoms with van der Waals surface area (Å²) in [5, 5.41) is 16.1. The number of anilines is 1. The minimum Gasteiger partial charge on any atom is -0.394 e. The van der Waals surface area contributed by atoms with Crippen LogP contribution in [0.25, 0.3) is 5.65 Å². The average molecular weight is 271 g/mol. The van der Waals surface area contributed by atoms with Crippen LogP contribution in [0.15, 0.2) is 22.8 Å². The van der Waals surface area contributed by atoms with Crippen LogP contribution < -0.4 is 5.32 Å². The Labute approximate surface area is 95.3 Å². The smallest absolute Gasteiger partial charge is 0.243 e. The van der Waals surface area contributed by atoms with E-state index in [-0.39, 0.29) is 12.6 Å². The maximum atomic E-state index is 8.88. The molecule has 80 valence electrons. The summed E-state index contributed by atoms with van der Waals surface area (Å²) < 4.78 is 2.62. The molecule has 2 rings (SSSR count). The number of fused-ring (bicyclic) bond motifs is 1. The van der Waals surface area contributed by atoms with Crippen LogP contribution in [0.2, 0.25) is 0 Å². The monoisotopic (exact) mass is 270 g/mol. The van der Waals surface area contributed by atoms with E-state index in [2.05, 4.69) is 31.3 Å². The maximum absolute atomic E-state index is 8.88. The van der Waals surface area contributed by atoms with Crippen LogP contribution in [0.4, 0.5) is 5.95 Å². The Morgan fingerprint density at radius 2 is 2.40 bits per heavy atom. The molecular weight excluding hydrogens is 260 g/mol. The predicted octanol–water partition coefficient (Wildman–Crippen LogP) is 1.28. The van der Waals surface area contributed by atoms with Crippen LogP contribution in [-0.2, 0) is 0 Å². The fraction of sp³-hybridized carbons (Fsp3) is 0.333. The van der Waals surface area contributed by atoms with Crippen LogP contribution in [0, 0.1) is 0 Å². The third kappa shape index (κ3) is 2.27. The van der Waals surface area contributed by atoms with Crippen molar-refractivity contribution in [1.82, 2.24) is 14.6 Å². The Kier molecular flexibility index (Phi) is 2.88. The van der Waals surface area contributed by atoms with Gasteiger partial charge >= 0.3 is 0 Å². The molecule has 0 radical (unpaired) electrons. The summed E-state index contributed by atoms with van der Waals surface area (Å²) in [4.78, 5) is 4.25. The van der Waals surface area contributed by atoms with Crippen molar-refractivity contribution in [3.05, 3.63) is 22.8 Å². The summed E-state index contributed by atoms with van der Waals surface area (Å²) in [5.74, 6) is 0.523. The molecule has 0 aliphatic heterocycles. The van der Waals surface area contributed by atoms with Gasteiger partial charge < -0.3 is 10.4 Å². The number of halogens is 1. The van der Waals surface area contributed by atoms with Crippen LogP contribution in [-0.4, -0.2) is 32.4 Å². The third-order valence-corrected chi connectivity index (χ3v) is 2.41. The van der Waals surface area contributed by atoms with Crippen molar-refractivity contribution in [3.63, 3.8) is 0 Å². The second-order valence-corrected chi connectivity index (χ2v) is 4.23. The van der Waals surface area contributed by atoms with Crippen molar-refractivity contribution in [1.29, 1.82) is 0 Å². The van der Waals surface area contributed by atoms with Gasteiger partial charge in [-0.3, -0.25) is 0 Å². The molecule has 2 heterocycles. The molecule has 2 aromatic heterocycles. The van der Waals surface area contributed by atoms with Gasteiger partial charge in [0, 0.05) is 16.7 Å². The molecule has 6 heteroatoms. The summed E-state index contributed by atoms with van der Waals surface area (Å²) in [6, 6.07) is 3.72. The van der Waals surface area contributed by atoms with Crippen LogP contribution in [0.5, 0.6) is 0 Å². The van der Waals surface area contributed by atoms with Crippen LogP contribution in [0.3, 0.4) is 0 Å². The average Bonchev–Trinajstić information content (AvgIpc) is 2.59. The number of pyridine rings is 1. The number of aromatic nitrogens is 3. The van der Waals surface area contributed by atoms with E-state index in [0.29, 0.717) is 5.95 Å². The Bertz CT molecular complexity index is 470. The van der Waals surface area contributed by atoms with Gasteiger partial charge in [-0.05, 0) is 35.0 Å². The number of aliphatic hydroxyl groups excluding tert-OH is 1. The van der Waals surface area contributed by atoms with Gasteiger partial charge in [0.2, 0.25) is 5.95 Å². The summed E-state index contributed by atoms with van der Waals surface area (Å²) in [7, 11) is 0. The van der Waals surface area contributed by atoms with Gasteiger partial charge in [0.25, 0.3) is 0 Å². The van der Waals surface area contributed by atoms with Crippen LogP contribution in [0.1, 0.15) is 6.92 Å². The standard InChI is InChI=1S/C9H11BrN4O/c1-6(5-15)11-9-12-8-3-2-7(10)4-14(8)13-9/h2-4,6,15H,5H2,1H3,(H,11,13). The SMILES string of the molecule is CC(CO)Nc1nc2ccc(Br)cn2n1. The first-order chi connectivity index (χ1) is 7.19. The lowest BCUT2D eigenvalue weighted by Gasteiger charge is -2.06. The maximum Gasteiger partial charge on any atom is 0.243 e.